The lowest BCUT2D eigenvalue weighted by molar-refractivity contribution is 0.297. The first-order valence-corrected chi connectivity index (χ1v) is 7.59. The average molecular weight is 324 g/mol. The van der Waals surface area contributed by atoms with Crippen LogP contribution in [-0.2, 0) is 0 Å². The van der Waals surface area contributed by atoms with Crippen LogP contribution in [-0.4, -0.2) is 30.9 Å². The van der Waals surface area contributed by atoms with Crippen molar-refractivity contribution in [3.63, 3.8) is 0 Å². The van der Waals surface area contributed by atoms with Crippen molar-refractivity contribution in [2.45, 2.75) is 25.3 Å². The van der Waals surface area contributed by atoms with E-state index < -0.39 is 0 Å². The molecule has 1 fully saturated rings. The fourth-order valence-corrected chi connectivity index (χ4v) is 2.89. The Balaban J connectivity index is 1.91. The van der Waals surface area contributed by atoms with Gasteiger partial charge in [-0.15, -0.1) is 0 Å². The van der Waals surface area contributed by atoms with Crippen LogP contribution in [0.4, 0.5) is 0 Å². The van der Waals surface area contributed by atoms with Gasteiger partial charge in [0.1, 0.15) is 0 Å². The predicted molar refractivity (Wildman–Crippen MR) is 82.4 cm³/mol. The van der Waals surface area contributed by atoms with E-state index in [1.165, 1.54) is 6.42 Å². The Labute approximate surface area is 133 Å². The van der Waals surface area contributed by atoms with Crippen LogP contribution >= 0.6 is 11.6 Å². The molecule has 3 rings (SSSR count). The Bertz CT molecular complexity index is 653. The smallest absolute Gasteiger partial charge is 0.244 e. The van der Waals surface area contributed by atoms with E-state index in [2.05, 4.69) is 15.5 Å². The van der Waals surface area contributed by atoms with E-state index >= 15 is 0 Å². The summed E-state index contributed by atoms with van der Waals surface area (Å²) in [4.78, 5) is 4.48. The zero-order chi connectivity index (χ0) is 15.5. The minimum Gasteiger partial charge on any atom is -0.493 e. The van der Waals surface area contributed by atoms with Gasteiger partial charge in [0.05, 0.1) is 25.3 Å². The highest BCUT2D eigenvalue weighted by Crippen LogP contribution is 2.38. The van der Waals surface area contributed by atoms with Crippen LogP contribution in [0.3, 0.4) is 0 Å². The Kier molecular flexibility index (Phi) is 4.49. The van der Waals surface area contributed by atoms with E-state index in [4.69, 9.17) is 25.6 Å². The second kappa shape index (κ2) is 6.54. The van der Waals surface area contributed by atoms with Gasteiger partial charge in [-0.25, -0.2) is 0 Å². The van der Waals surface area contributed by atoms with Gasteiger partial charge < -0.3 is 19.3 Å². The molecule has 0 bridgehead atoms. The van der Waals surface area contributed by atoms with E-state index in [-0.39, 0.29) is 6.04 Å². The molecule has 6 nitrogen and oxygen atoms in total. The summed E-state index contributed by atoms with van der Waals surface area (Å²) in [5.74, 6) is 2.13. The number of hydrogen-bond donors (Lipinski definition) is 1. The van der Waals surface area contributed by atoms with E-state index in [1.807, 2.05) is 0 Å². The third kappa shape index (κ3) is 2.89. The maximum absolute atomic E-state index is 6.22. The maximum atomic E-state index is 6.22. The monoisotopic (exact) mass is 323 g/mol. The third-order valence-corrected chi connectivity index (χ3v) is 4.02. The first-order chi connectivity index (χ1) is 10.7. The molecular formula is C15H18ClN3O3. The average Bonchev–Trinajstić information content (AvgIpc) is 3.05. The molecule has 1 unspecified atom stereocenters. The number of piperidine rings is 1. The van der Waals surface area contributed by atoms with Crippen molar-refractivity contribution in [2.75, 3.05) is 20.8 Å². The lowest BCUT2D eigenvalue weighted by Crippen LogP contribution is -2.26. The first kappa shape index (κ1) is 15.1. The molecule has 0 saturated carbocycles. The molecule has 0 amide bonds. The predicted octanol–water partition coefficient (Wildman–Crippen LogP) is 3.22. The summed E-state index contributed by atoms with van der Waals surface area (Å²) in [5.41, 5.74) is 0.730. The number of halogens is 1. The Morgan fingerprint density at radius 3 is 2.82 bits per heavy atom. The number of ether oxygens (including phenoxy) is 2. The lowest BCUT2D eigenvalue weighted by Gasteiger charge is -2.19. The minimum atomic E-state index is 0.130. The molecule has 118 valence electrons. The number of nitrogens with zero attached hydrogens (tertiary/aromatic N) is 2. The number of nitrogens with one attached hydrogen (secondary N) is 1. The molecule has 1 aromatic carbocycles. The number of aromatic nitrogens is 2. The van der Waals surface area contributed by atoms with Crippen molar-refractivity contribution in [2.24, 2.45) is 0 Å². The molecule has 1 aliphatic rings. The molecule has 1 aromatic heterocycles. The Morgan fingerprint density at radius 1 is 1.27 bits per heavy atom. The van der Waals surface area contributed by atoms with Gasteiger partial charge in [-0.05, 0) is 31.5 Å². The highest BCUT2D eigenvalue weighted by atomic mass is 35.5. The van der Waals surface area contributed by atoms with Gasteiger partial charge in [0.2, 0.25) is 11.7 Å². The van der Waals surface area contributed by atoms with Crippen molar-refractivity contribution < 1.29 is 14.0 Å². The molecule has 0 aliphatic carbocycles. The van der Waals surface area contributed by atoms with Gasteiger partial charge in [0.15, 0.2) is 11.5 Å². The molecule has 2 heterocycles. The van der Waals surface area contributed by atoms with Gasteiger partial charge in [-0.3, -0.25) is 0 Å². The van der Waals surface area contributed by atoms with E-state index in [0.717, 1.165) is 24.9 Å². The van der Waals surface area contributed by atoms with E-state index in [0.29, 0.717) is 28.2 Å². The normalized spacial score (nSPS) is 18.2. The standard InChI is InChI=1S/C15H18ClN3O3/c1-20-12-8-9(7-10(16)13(12)21-2)14-18-15(22-19-14)11-5-3-4-6-17-11/h7-8,11,17H,3-6H2,1-2H3. The zero-order valence-corrected chi connectivity index (χ0v) is 13.3. The maximum Gasteiger partial charge on any atom is 0.244 e. The quantitative estimate of drug-likeness (QED) is 0.931. The zero-order valence-electron chi connectivity index (χ0n) is 12.6. The largest absolute Gasteiger partial charge is 0.493 e. The van der Waals surface area contributed by atoms with Gasteiger partial charge >= 0.3 is 0 Å². The molecule has 2 aromatic rings. The Morgan fingerprint density at radius 2 is 2.14 bits per heavy atom. The van der Waals surface area contributed by atoms with Crippen LogP contribution in [0.2, 0.25) is 5.02 Å². The van der Waals surface area contributed by atoms with Crippen LogP contribution in [0.1, 0.15) is 31.2 Å². The summed E-state index contributed by atoms with van der Waals surface area (Å²) in [6.07, 6.45) is 3.36. The SMILES string of the molecule is COc1cc(-c2noc(C3CCCCN3)n2)cc(Cl)c1OC. The topological polar surface area (TPSA) is 69.4 Å². The first-order valence-electron chi connectivity index (χ1n) is 7.22. The molecule has 0 spiro atoms. The van der Waals surface area contributed by atoms with Crippen LogP contribution < -0.4 is 14.8 Å². The number of rotatable bonds is 4. The third-order valence-electron chi connectivity index (χ3n) is 3.74. The number of hydrogen-bond acceptors (Lipinski definition) is 6. The molecule has 22 heavy (non-hydrogen) atoms. The summed E-state index contributed by atoms with van der Waals surface area (Å²) in [7, 11) is 3.11. The van der Waals surface area contributed by atoms with Crippen LogP contribution in [0.5, 0.6) is 11.5 Å². The van der Waals surface area contributed by atoms with E-state index in [9.17, 15) is 0 Å². The van der Waals surface area contributed by atoms with Gasteiger partial charge in [-0.2, -0.15) is 4.98 Å². The van der Waals surface area contributed by atoms with Crippen molar-refractivity contribution in [3.8, 4) is 22.9 Å². The van der Waals surface area contributed by atoms with Crippen LogP contribution in [0, 0.1) is 0 Å². The molecule has 7 heteroatoms. The van der Waals surface area contributed by atoms with Gasteiger partial charge in [0.25, 0.3) is 0 Å². The second-order valence-electron chi connectivity index (χ2n) is 5.15. The molecule has 1 aliphatic heterocycles. The van der Waals surface area contributed by atoms with Crippen molar-refractivity contribution >= 4 is 11.6 Å². The van der Waals surface area contributed by atoms with E-state index in [1.54, 1.807) is 26.4 Å². The second-order valence-corrected chi connectivity index (χ2v) is 5.56. The van der Waals surface area contributed by atoms with Gasteiger partial charge in [-0.1, -0.05) is 23.2 Å². The summed E-state index contributed by atoms with van der Waals surface area (Å²) in [6.45, 7) is 0.977. The highest BCUT2D eigenvalue weighted by Gasteiger charge is 2.22. The van der Waals surface area contributed by atoms with Crippen molar-refractivity contribution in [1.29, 1.82) is 0 Å². The van der Waals surface area contributed by atoms with Crippen molar-refractivity contribution in [1.82, 2.24) is 15.5 Å². The molecule has 0 radical (unpaired) electrons. The fraction of sp³-hybridized carbons (Fsp3) is 0.467. The van der Waals surface area contributed by atoms with Gasteiger partial charge in [0, 0.05) is 5.56 Å². The molecular weight excluding hydrogens is 306 g/mol. The summed E-state index contributed by atoms with van der Waals surface area (Å²) < 4.78 is 15.9. The minimum absolute atomic E-state index is 0.130. The fourth-order valence-electron chi connectivity index (χ4n) is 2.60. The summed E-state index contributed by atoms with van der Waals surface area (Å²) in [5, 5.41) is 7.88. The number of methoxy groups -OCH3 is 2. The van der Waals surface area contributed by atoms with Crippen LogP contribution in [0.15, 0.2) is 16.7 Å². The molecule has 1 atom stereocenters. The molecule has 1 saturated heterocycles. The highest BCUT2D eigenvalue weighted by molar-refractivity contribution is 6.32. The molecule has 1 N–H and O–H groups in total. The Hall–Kier alpha value is -1.79. The van der Waals surface area contributed by atoms with Crippen molar-refractivity contribution in [3.05, 3.63) is 23.0 Å². The van der Waals surface area contributed by atoms with Crippen LogP contribution in [0.25, 0.3) is 11.4 Å². The summed E-state index contributed by atoms with van der Waals surface area (Å²) in [6, 6.07) is 3.66. The summed E-state index contributed by atoms with van der Waals surface area (Å²) >= 11 is 6.22. The number of benzene rings is 1. The lowest BCUT2D eigenvalue weighted by atomic mass is 10.1.